The molecule has 140 valence electrons. The fraction of sp³-hybridized carbons (Fsp3) is 0.429. The minimum atomic E-state index is -0.159. The molecule has 5 nitrogen and oxygen atoms in total. The van der Waals surface area contributed by atoms with Gasteiger partial charge >= 0.3 is 0 Å². The van der Waals surface area contributed by atoms with E-state index in [1.54, 1.807) is 18.0 Å². The summed E-state index contributed by atoms with van der Waals surface area (Å²) in [6.07, 6.45) is 1.07. The topological polar surface area (TPSA) is 75.4 Å². The number of nitrogens with one attached hydrogen (secondary N) is 1. The van der Waals surface area contributed by atoms with Crippen molar-refractivity contribution in [1.29, 1.82) is 0 Å². The van der Waals surface area contributed by atoms with Crippen molar-refractivity contribution in [2.45, 2.75) is 32.7 Å². The van der Waals surface area contributed by atoms with Crippen LogP contribution in [0.25, 0.3) is 10.8 Å². The summed E-state index contributed by atoms with van der Waals surface area (Å²) >= 11 is 0. The van der Waals surface area contributed by atoms with Crippen molar-refractivity contribution in [3.63, 3.8) is 0 Å². The Balaban J connectivity index is 1.78. The van der Waals surface area contributed by atoms with Crippen molar-refractivity contribution < 1.29 is 9.59 Å². The van der Waals surface area contributed by atoms with Gasteiger partial charge in [-0.1, -0.05) is 44.2 Å². The SMILES string of the molecule is CC(C)C(N)CCN(C)C(=O)CCNC(=O)c1ccc2ccccc2c1. The Morgan fingerprint density at radius 2 is 1.81 bits per heavy atom. The second-order valence-electron chi connectivity index (χ2n) is 7.08. The van der Waals surface area contributed by atoms with Crippen LogP contribution >= 0.6 is 0 Å². The molecule has 0 saturated heterocycles. The highest BCUT2D eigenvalue weighted by atomic mass is 16.2. The summed E-state index contributed by atoms with van der Waals surface area (Å²) in [6, 6.07) is 13.6. The van der Waals surface area contributed by atoms with E-state index in [9.17, 15) is 9.59 Å². The molecule has 1 atom stereocenters. The van der Waals surface area contributed by atoms with Gasteiger partial charge in [-0.15, -0.1) is 0 Å². The van der Waals surface area contributed by atoms with E-state index in [0.717, 1.165) is 17.2 Å². The summed E-state index contributed by atoms with van der Waals surface area (Å²) in [7, 11) is 1.78. The molecule has 0 spiro atoms. The number of benzene rings is 2. The summed E-state index contributed by atoms with van der Waals surface area (Å²) in [6.45, 7) is 5.12. The monoisotopic (exact) mass is 355 g/mol. The van der Waals surface area contributed by atoms with Crippen molar-refractivity contribution >= 4 is 22.6 Å². The lowest BCUT2D eigenvalue weighted by Crippen LogP contribution is -2.36. The second kappa shape index (κ2) is 9.34. The molecule has 0 aliphatic rings. The van der Waals surface area contributed by atoms with Crippen LogP contribution in [0.15, 0.2) is 42.5 Å². The first-order valence-electron chi connectivity index (χ1n) is 9.15. The minimum absolute atomic E-state index is 0.0137. The third-order valence-electron chi connectivity index (χ3n) is 4.72. The summed E-state index contributed by atoms with van der Waals surface area (Å²) in [5.41, 5.74) is 6.62. The van der Waals surface area contributed by atoms with E-state index in [4.69, 9.17) is 5.73 Å². The molecular weight excluding hydrogens is 326 g/mol. The van der Waals surface area contributed by atoms with Crippen LogP contribution < -0.4 is 11.1 Å². The van der Waals surface area contributed by atoms with E-state index in [2.05, 4.69) is 19.2 Å². The Hall–Kier alpha value is -2.40. The maximum Gasteiger partial charge on any atom is 0.251 e. The largest absolute Gasteiger partial charge is 0.352 e. The lowest BCUT2D eigenvalue weighted by atomic mass is 10.0. The number of fused-ring (bicyclic) bond motifs is 1. The number of nitrogens with zero attached hydrogens (tertiary/aromatic N) is 1. The molecule has 0 heterocycles. The molecule has 0 aromatic heterocycles. The number of carbonyl (C=O) groups is 2. The normalized spacial score (nSPS) is 12.2. The Kier molecular flexibility index (Phi) is 7.16. The van der Waals surface area contributed by atoms with Gasteiger partial charge in [0.05, 0.1) is 0 Å². The van der Waals surface area contributed by atoms with Crippen LogP contribution in [0.3, 0.4) is 0 Å². The van der Waals surface area contributed by atoms with E-state index >= 15 is 0 Å². The highest BCUT2D eigenvalue weighted by molar-refractivity contribution is 5.98. The first-order valence-corrected chi connectivity index (χ1v) is 9.15. The summed E-state index contributed by atoms with van der Waals surface area (Å²) in [4.78, 5) is 26.1. The van der Waals surface area contributed by atoms with Crippen molar-refractivity contribution in [3.05, 3.63) is 48.0 Å². The highest BCUT2D eigenvalue weighted by Gasteiger charge is 2.13. The van der Waals surface area contributed by atoms with Crippen LogP contribution in [-0.4, -0.2) is 42.9 Å². The molecule has 2 amide bonds. The number of rotatable bonds is 8. The van der Waals surface area contributed by atoms with Crippen LogP contribution in [0.4, 0.5) is 0 Å². The maximum absolute atomic E-state index is 12.3. The van der Waals surface area contributed by atoms with Crippen molar-refractivity contribution in [3.8, 4) is 0 Å². The molecule has 0 fully saturated rings. The Labute approximate surface area is 155 Å². The van der Waals surface area contributed by atoms with Crippen LogP contribution in [-0.2, 0) is 4.79 Å². The van der Waals surface area contributed by atoms with Gasteiger partial charge < -0.3 is 16.0 Å². The third-order valence-corrected chi connectivity index (χ3v) is 4.72. The van der Waals surface area contributed by atoms with E-state index in [0.29, 0.717) is 24.6 Å². The summed E-state index contributed by atoms with van der Waals surface area (Å²) in [5.74, 6) is 0.257. The second-order valence-corrected chi connectivity index (χ2v) is 7.08. The quantitative estimate of drug-likeness (QED) is 0.764. The standard InChI is InChI=1S/C21H29N3O2/c1-15(2)19(22)11-13-24(3)20(25)10-12-23-21(26)18-9-8-16-6-4-5-7-17(16)14-18/h4-9,14-15,19H,10-13,22H2,1-3H3,(H,23,26). The zero-order valence-electron chi connectivity index (χ0n) is 15.9. The third kappa shape index (κ3) is 5.56. The predicted octanol–water partition coefficient (Wildman–Crippen LogP) is 2.79. The van der Waals surface area contributed by atoms with Gasteiger partial charge in [-0.2, -0.15) is 0 Å². The van der Waals surface area contributed by atoms with Gasteiger partial charge in [0.15, 0.2) is 0 Å². The first kappa shape index (κ1) is 19.9. The van der Waals surface area contributed by atoms with Crippen LogP contribution in [0.1, 0.15) is 37.0 Å². The van der Waals surface area contributed by atoms with E-state index in [-0.39, 0.29) is 24.3 Å². The van der Waals surface area contributed by atoms with E-state index < -0.39 is 0 Å². The molecule has 2 aromatic rings. The van der Waals surface area contributed by atoms with Gasteiger partial charge in [0.2, 0.25) is 5.91 Å². The van der Waals surface area contributed by atoms with Crippen LogP contribution in [0, 0.1) is 5.92 Å². The molecule has 0 radical (unpaired) electrons. The van der Waals surface area contributed by atoms with E-state index in [1.165, 1.54) is 0 Å². The van der Waals surface area contributed by atoms with Gasteiger partial charge in [-0.25, -0.2) is 0 Å². The molecule has 0 saturated carbocycles. The highest BCUT2D eigenvalue weighted by Crippen LogP contribution is 2.15. The molecule has 2 aromatic carbocycles. The molecule has 0 aliphatic heterocycles. The van der Waals surface area contributed by atoms with Gasteiger partial charge in [-0.05, 0) is 35.2 Å². The Morgan fingerprint density at radius 3 is 2.50 bits per heavy atom. The molecule has 3 N–H and O–H groups in total. The summed E-state index contributed by atoms with van der Waals surface area (Å²) in [5, 5.41) is 4.94. The molecular formula is C21H29N3O2. The van der Waals surface area contributed by atoms with Crippen molar-refractivity contribution in [1.82, 2.24) is 10.2 Å². The first-order chi connectivity index (χ1) is 12.4. The molecule has 1 unspecified atom stereocenters. The fourth-order valence-electron chi connectivity index (χ4n) is 2.71. The van der Waals surface area contributed by atoms with Crippen molar-refractivity contribution in [2.24, 2.45) is 11.7 Å². The van der Waals surface area contributed by atoms with Crippen LogP contribution in [0.2, 0.25) is 0 Å². The number of hydrogen-bond acceptors (Lipinski definition) is 3. The number of nitrogens with two attached hydrogens (primary N) is 1. The average molecular weight is 355 g/mol. The smallest absolute Gasteiger partial charge is 0.251 e. The Bertz CT molecular complexity index is 758. The molecule has 0 aliphatic carbocycles. The zero-order valence-corrected chi connectivity index (χ0v) is 15.9. The van der Waals surface area contributed by atoms with Crippen LogP contribution in [0.5, 0.6) is 0 Å². The zero-order chi connectivity index (χ0) is 19.1. The number of amides is 2. The maximum atomic E-state index is 12.3. The van der Waals surface area contributed by atoms with Gasteiger partial charge in [0, 0.05) is 38.2 Å². The lowest BCUT2D eigenvalue weighted by Gasteiger charge is -2.21. The average Bonchev–Trinajstić information content (AvgIpc) is 2.64. The molecule has 2 rings (SSSR count). The number of hydrogen-bond donors (Lipinski definition) is 2. The Morgan fingerprint density at radius 1 is 1.12 bits per heavy atom. The van der Waals surface area contributed by atoms with Gasteiger partial charge in [0.1, 0.15) is 0 Å². The molecule has 5 heteroatoms. The molecule has 0 bridgehead atoms. The van der Waals surface area contributed by atoms with Crippen molar-refractivity contribution in [2.75, 3.05) is 20.1 Å². The minimum Gasteiger partial charge on any atom is -0.352 e. The molecule has 26 heavy (non-hydrogen) atoms. The predicted molar refractivity (Wildman–Crippen MR) is 106 cm³/mol. The fourth-order valence-corrected chi connectivity index (χ4v) is 2.71. The summed E-state index contributed by atoms with van der Waals surface area (Å²) < 4.78 is 0. The lowest BCUT2D eigenvalue weighted by molar-refractivity contribution is -0.129. The van der Waals surface area contributed by atoms with Gasteiger partial charge in [0.25, 0.3) is 5.91 Å². The number of carbonyl (C=O) groups excluding carboxylic acids is 2. The van der Waals surface area contributed by atoms with Gasteiger partial charge in [-0.3, -0.25) is 9.59 Å². The van der Waals surface area contributed by atoms with E-state index in [1.807, 2.05) is 36.4 Å².